The molecule has 0 bridgehead atoms. The molecule has 4 heteroatoms. The fourth-order valence-corrected chi connectivity index (χ4v) is 1.13. The van der Waals surface area contributed by atoms with Gasteiger partial charge in [0.2, 0.25) is 0 Å². The van der Waals surface area contributed by atoms with Gasteiger partial charge in [-0.25, -0.2) is 4.79 Å². The van der Waals surface area contributed by atoms with E-state index in [-0.39, 0.29) is 6.61 Å². The molecule has 1 unspecified atom stereocenters. The molecule has 0 aromatic carbocycles. The minimum absolute atomic E-state index is 0.157. The number of aliphatic hydroxyl groups excluding tert-OH is 2. The summed E-state index contributed by atoms with van der Waals surface area (Å²) in [6.45, 7) is 3.27. The molecular weight excluding hydrogens is 208 g/mol. The zero-order valence-electron chi connectivity index (χ0n) is 10.1. The zero-order chi connectivity index (χ0) is 12.4. The molecule has 0 saturated heterocycles. The molecule has 0 spiro atoms. The fraction of sp³-hybridized carbons (Fsp3) is 0.750. The molecule has 0 aromatic rings. The normalized spacial score (nSPS) is 13.6. The van der Waals surface area contributed by atoms with E-state index in [9.17, 15) is 4.79 Å². The first kappa shape index (κ1) is 15.1. The predicted molar refractivity (Wildman–Crippen MR) is 62.0 cm³/mol. The maximum Gasteiger partial charge on any atom is 0.333 e. The summed E-state index contributed by atoms with van der Waals surface area (Å²) in [4.78, 5) is 11.3. The number of allylic oxidation sites excluding steroid dienone is 1. The zero-order valence-corrected chi connectivity index (χ0v) is 10.1. The summed E-state index contributed by atoms with van der Waals surface area (Å²) in [5.41, 5.74) is 0.557. The number of rotatable bonds is 8. The van der Waals surface area contributed by atoms with E-state index in [1.807, 2.05) is 6.08 Å². The van der Waals surface area contributed by atoms with E-state index >= 15 is 0 Å². The molecule has 0 heterocycles. The summed E-state index contributed by atoms with van der Waals surface area (Å²) in [5, 5.41) is 17.5. The van der Waals surface area contributed by atoms with Crippen molar-refractivity contribution in [3.63, 3.8) is 0 Å². The van der Waals surface area contributed by atoms with Crippen LogP contribution in [0.3, 0.4) is 0 Å². The molecule has 0 amide bonds. The number of aliphatic hydroxyl groups is 2. The topological polar surface area (TPSA) is 66.8 Å². The van der Waals surface area contributed by atoms with Gasteiger partial charge in [-0.3, -0.25) is 0 Å². The summed E-state index contributed by atoms with van der Waals surface area (Å²) in [6, 6.07) is 0. The molecular formula is C12H22O4. The lowest BCUT2D eigenvalue weighted by atomic mass is 10.1. The van der Waals surface area contributed by atoms with Crippen LogP contribution in [-0.4, -0.2) is 35.5 Å². The Bertz CT molecular complexity index is 223. The molecule has 0 rings (SSSR count). The molecule has 94 valence electrons. The molecule has 0 aliphatic rings. The number of esters is 1. The first-order valence-electron chi connectivity index (χ1n) is 5.74. The predicted octanol–water partition coefficient (Wildman–Crippen LogP) is 1.41. The van der Waals surface area contributed by atoms with Crippen molar-refractivity contribution in [1.82, 2.24) is 0 Å². The van der Waals surface area contributed by atoms with Crippen molar-refractivity contribution in [2.24, 2.45) is 0 Å². The summed E-state index contributed by atoms with van der Waals surface area (Å²) < 4.78 is 4.80. The maximum atomic E-state index is 11.3. The van der Waals surface area contributed by atoms with Gasteiger partial charge in [0.25, 0.3) is 0 Å². The van der Waals surface area contributed by atoms with Gasteiger partial charge in [-0.2, -0.15) is 0 Å². The van der Waals surface area contributed by atoms with Crippen LogP contribution in [0.4, 0.5) is 0 Å². The Morgan fingerprint density at radius 1 is 1.44 bits per heavy atom. The number of carbonyl (C=O) groups excluding carboxylic acids is 1. The molecule has 0 fully saturated rings. The van der Waals surface area contributed by atoms with E-state index in [4.69, 9.17) is 14.9 Å². The average Bonchev–Trinajstić information content (AvgIpc) is 2.30. The lowest BCUT2D eigenvalue weighted by Crippen LogP contribution is -2.22. The van der Waals surface area contributed by atoms with Gasteiger partial charge in [-0.15, -0.1) is 0 Å². The highest BCUT2D eigenvalue weighted by molar-refractivity contribution is 5.87. The smallest absolute Gasteiger partial charge is 0.333 e. The van der Waals surface area contributed by atoms with E-state index in [1.54, 1.807) is 6.92 Å². The number of unbranched alkanes of at least 4 members (excludes halogenated alkanes) is 3. The Hall–Kier alpha value is -0.870. The highest BCUT2D eigenvalue weighted by Crippen LogP contribution is 2.05. The van der Waals surface area contributed by atoms with Crippen molar-refractivity contribution < 1.29 is 19.7 Å². The monoisotopic (exact) mass is 230 g/mol. The van der Waals surface area contributed by atoms with Crippen LogP contribution < -0.4 is 0 Å². The van der Waals surface area contributed by atoms with E-state index in [0.29, 0.717) is 5.57 Å². The largest absolute Gasteiger partial charge is 0.459 e. The van der Waals surface area contributed by atoms with Gasteiger partial charge in [0.1, 0.15) is 12.7 Å². The van der Waals surface area contributed by atoms with E-state index in [1.165, 1.54) is 0 Å². The lowest BCUT2D eigenvalue weighted by molar-refractivity contribution is -0.142. The van der Waals surface area contributed by atoms with Crippen LogP contribution in [-0.2, 0) is 9.53 Å². The number of hydrogen-bond donors (Lipinski definition) is 2. The minimum atomic E-state index is -0.989. The Morgan fingerprint density at radius 2 is 2.12 bits per heavy atom. The number of hydrogen-bond acceptors (Lipinski definition) is 4. The molecule has 16 heavy (non-hydrogen) atoms. The summed E-state index contributed by atoms with van der Waals surface area (Å²) in [7, 11) is 0. The van der Waals surface area contributed by atoms with Gasteiger partial charge >= 0.3 is 5.97 Å². The highest BCUT2D eigenvalue weighted by atomic mass is 16.5. The van der Waals surface area contributed by atoms with Crippen LogP contribution in [0.25, 0.3) is 0 Å². The molecule has 0 aliphatic heterocycles. The van der Waals surface area contributed by atoms with E-state index < -0.39 is 18.7 Å². The Morgan fingerprint density at radius 3 is 2.69 bits per heavy atom. The van der Waals surface area contributed by atoms with Crippen molar-refractivity contribution >= 4 is 5.97 Å². The minimum Gasteiger partial charge on any atom is -0.459 e. The molecule has 0 aliphatic carbocycles. The number of carbonyl (C=O) groups is 1. The first-order chi connectivity index (χ1) is 7.61. The third-order valence-corrected chi connectivity index (χ3v) is 2.20. The van der Waals surface area contributed by atoms with Crippen LogP contribution in [0.1, 0.15) is 39.5 Å². The summed E-state index contributed by atoms with van der Waals surface area (Å²) in [5.74, 6) is -0.427. The standard InChI is InChI=1S/C12H22O4/c1-3-4-5-6-7-10(2)12(15)16-9-11(14)8-13/h7,11,13-14H,3-6,8-9H2,1-2H3. The molecule has 0 aromatic heterocycles. The second kappa shape index (κ2) is 9.36. The van der Waals surface area contributed by atoms with Crippen LogP contribution in [0.15, 0.2) is 11.6 Å². The van der Waals surface area contributed by atoms with Crippen molar-refractivity contribution in [3.8, 4) is 0 Å². The van der Waals surface area contributed by atoms with Crippen LogP contribution in [0.5, 0.6) is 0 Å². The third-order valence-electron chi connectivity index (χ3n) is 2.20. The second-order valence-corrected chi connectivity index (χ2v) is 3.82. The van der Waals surface area contributed by atoms with E-state index in [2.05, 4.69) is 6.92 Å². The van der Waals surface area contributed by atoms with Gasteiger partial charge in [-0.05, 0) is 19.8 Å². The Balaban J connectivity index is 3.79. The first-order valence-corrected chi connectivity index (χ1v) is 5.74. The van der Waals surface area contributed by atoms with Gasteiger partial charge in [0.15, 0.2) is 0 Å². The molecule has 4 nitrogen and oxygen atoms in total. The van der Waals surface area contributed by atoms with Crippen molar-refractivity contribution in [2.75, 3.05) is 13.2 Å². The van der Waals surface area contributed by atoms with Crippen molar-refractivity contribution in [1.29, 1.82) is 0 Å². The van der Waals surface area contributed by atoms with Gasteiger partial charge in [-0.1, -0.05) is 25.8 Å². The van der Waals surface area contributed by atoms with Gasteiger partial charge < -0.3 is 14.9 Å². The maximum absolute atomic E-state index is 11.3. The average molecular weight is 230 g/mol. The number of ether oxygens (including phenoxy) is 1. The molecule has 0 radical (unpaired) electrons. The third kappa shape index (κ3) is 7.43. The quantitative estimate of drug-likeness (QED) is 0.376. The highest BCUT2D eigenvalue weighted by Gasteiger charge is 2.08. The van der Waals surface area contributed by atoms with Crippen LogP contribution in [0, 0.1) is 0 Å². The van der Waals surface area contributed by atoms with Crippen LogP contribution in [0.2, 0.25) is 0 Å². The second-order valence-electron chi connectivity index (χ2n) is 3.82. The molecule has 1 atom stereocenters. The Labute approximate surface area is 96.9 Å². The Kier molecular flexibility index (Phi) is 8.85. The summed E-state index contributed by atoms with van der Waals surface area (Å²) in [6.07, 6.45) is 5.11. The van der Waals surface area contributed by atoms with Crippen molar-refractivity contribution in [2.45, 2.75) is 45.6 Å². The molecule has 0 saturated carbocycles. The van der Waals surface area contributed by atoms with E-state index in [0.717, 1.165) is 25.7 Å². The van der Waals surface area contributed by atoms with Gasteiger partial charge in [0, 0.05) is 5.57 Å². The fourth-order valence-electron chi connectivity index (χ4n) is 1.13. The van der Waals surface area contributed by atoms with Gasteiger partial charge in [0.05, 0.1) is 6.61 Å². The van der Waals surface area contributed by atoms with Crippen molar-refractivity contribution in [3.05, 3.63) is 11.6 Å². The molecule has 2 N–H and O–H groups in total. The summed E-state index contributed by atoms with van der Waals surface area (Å²) >= 11 is 0. The SMILES string of the molecule is CCCCCC=C(C)C(=O)OCC(O)CO. The lowest BCUT2D eigenvalue weighted by Gasteiger charge is -2.08. The van der Waals surface area contributed by atoms with Crippen LogP contribution >= 0.6 is 0 Å².